The SMILES string of the molecule is CC(C)(C)OC(=O)N1CC(CCCOc2cc(C(N)=O)cc(Br)c2[N+](=O)[O-])C1. The van der Waals surface area contributed by atoms with Crippen LogP contribution in [0.1, 0.15) is 44.0 Å². The van der Waals surface area contributed by atoms with E-state index >= 15 is 0 Å². The van der Waals surface area contributed by atoms with Crippen LogP contribution in [0.3, 0.4) is 0 Å². The van der Waals surface area contributed by atoms with Crippen LogP contribution < -0.4 is 10.5 Å². The number of amides is 2. The summed E-state index contributed by atoms with van der Waals surface area (Å²) < 4.78 is 11.0. The first-order chi connectivity index (χ1) is 13.0. The molecule has 1 aliphatic rings. The number of hydrogen-bond acceptors (Lipinski definition) is 6. The van der Waals surface area contributed by atoms with Crippen LogP contribution in [0.25, 0.3) is 0 Å². The van der Waals surface area contributed by atoms with Gasteiger partial charge in [-0.05, 0) is 61.5 Å². The molecule has 1 saturated heterocycles. The Bertz CT molecular complexity index is 771. The van der Waals surface area contributed by atoms with E-state index in [1.807, 2.05) is 20.8 Å². The van der Waals surface area contributed by atoms with Crippen LogP contribution in [-0.2, 0) is 4.74 Å². The molecular formula is C18H24BrN3O6. The van der Waals surface area contributed by atoms with Gasteiger partial charge in [-0.25, -0.2) is 4.79 Å². The van der Waals surface area contributed by atoms with Gasteiger partial charge >= 0.3 is 11.8 Å². The van der Waals surface area contributed by atoms with Gasteiger partial charge in [0.1, 0.15) is 10.1 Å². The molecule has 0 saturated carbocycles. The van der Waals surface area contributed by atoms with Crippen molar-refractivity contribution in [3.63, 3.8) is 0 Å². The van der Waals surface area contributed by atoms with Crippen molar-refractivity contribution in [3.8, 4) is 5.75 Å². The second-order valence-electron chi connectivity index (χ2n) is 7.67. The number of carbonyl (C=O) groups is 2. The Balaban J connectivity index is 1.83. The number of likely N-dealkylation sites (tertiary alicyclic amines) is 1. The highest BCUT2D eigenvalue weighted by atomic mass is 79.9. The summed E-state index contributed by atoms with van der Waals surface area (Å²) in [6.45, 7) is 6.97. The Morgan fingerprint density at radius 1 is 1.36 bits per heavy atom. The van der Waals surface area contributed by atoms with Crippen LogP contribution in [0, 0.1) is 16.0 Å². The van der Waals surface area contributed by atoms with Gasteiger partial charge in [0.05, 0.1) is 11.5 Å². The number of nitrogens with two attached hydrogens (primary N) is 1. The van der Waals surface area contributed by atoms with Gasteiger partial charge in [0.25, 0.3) is 0 Å². The zero-order valence-electron chi connectivity index (χ0n) is 16.1. The summed E-state index contributed by atoms with van der Waals surface area (Å²) in [7, 11) is 0. The fourth-order valence-electron chi connectivity index (χ4n) is 2.79. The summed E-state index contributed by atoms with van der Waals surface area (Å²) in [5.74, 6) is -0.357. The predicted molar refractivity (Wildman–Crippen MR) is 105 cm³/mol. The van der Waals surface area contributed by atoms with Crippen molar-refractivity contribution in [1.29, 1.82) is 0 Å². The summed E-state index contributed by atoms with van der Waals surface area (Å²) in [5, 5.41) is 11.2. The van der Waals surface area contributed by atoms with Crippen LogP contribution in [0.5, 0.6) is 5.75 Å². The van der Waals surface area contributed by atoms with Crippen molar-refractivity contribution in [2.24, 2.45) is 11.7 Å². The van der Waals surface area contributed by atoms with Crippen LogP contribution >= 0.6 is 15.9 Å². The molecule has 0 atom stereocenters. The number of ether oxygens (including phenoxy) is 2. The minimum atomic E-state index is -0.697. The molecule has 10 heteroatoms. The molecule has 154 valence electrons. The van der Waals surface area contributed by atoms with Crippen LogP contribution in [0.2, 0.25) is 0 Å². The Morgan fingerprint density at radius 3 is 2.54 bits per heavy atom. The number of nitro benzene ring substituents is 1. The number of rotatable bonds is 7. The van der Waals surface area contributed by atoms with E-state index < -0.39 is 16.4 Å². The van der Waals surface area contributed by atoms with Gasteiger partial charge in [-0.15, -0.1) is 0 Å². The third-order valence-corrected chi connectivity index (χ3v) is 4.72. The van der Waals surface area contributed by atoms with Crippen molar-refractivity contribution < 1.29 is 24.0 Å². The Kier molecular flexibility index (Phi) is 6.87. The van der Waals surface area contributed by atoms with E-state index in [2.05, 4.69) is 15.9 Å². The van der Waals surface area contributed by atoms with Crippen LogP contribution in [0.15, 0.2) is 16.6 Å². The lowest BCUT2D eigenvalue weighted by Gasteiger charge is -2.39. The molecule has 1 aromatic rings. The van der Waals surface area contributed by atoms with E-state index in [9.17, 15) is 19.7 Å². The zero-order valence-corrected chi connectivity index (χ0v) is 17.7. The van der Waals surface area contributed by atoms with Crippen molar-refractivity contribution in [2.75, 3.05) is 19.7 Å². The lowest BCUT2D eigenvalue weighted by atomic mass is 9.95. The van der Waals surface area contributed by atoms with E-state index in [-0.39, 0.29) is 34.2 Å². The van der Waals surface area contributed by atoms with Gasteiger partial charge in [0, 0.05) is 24.7 Å². The molecule has 0 radical (unpaired) electrons. The monoisotopic (exact) mass is 457 g/mol. The van der Waals surface area contributed by atoms with E-state index in [4.69, 9.17) is 15.2 Å². The number of primary amides is 1. The molecule has 28 heavy (non-hydrogen) atoms. The second kappa shape index (κ2) is 8.76. The summed E-state index contributed by atoms with van der Waals surface area (Å²) in [4.78, 5) is 35.6. The van der Waals surface area contributed by atoms with E-state index in [0.29, 0.717) is 25.4 Å². The summed E-state index contributed by atoms with van der Waals surface area (Å²) in [5.41, 5.74) is 4.61. The van der Waals surface area contributed by atoms with Crippen molar-refractivity contribution in [3.05, 3.63) is 32.3 Å². The van der Waals surface area contributed by atoms with Crippen molar-refractivity contribution >= 4 is 33.6 Å². The maximum atomic E-state index is 11.9. The topological polar surface area (TPSA) is 125 Å². The van der Waals surface area contributed by atoms with Crippen LogP contribution in [0.4, 0.5) is 10.5 Å². The molecule has 0 aromatic heterocycles. The normalized spacial score (nSPS) is 14.4. The maximum absolute atomic E-state index is 11.9. The number of carbonyl (C=O) groups excluding carboxylic acids is 2. The fraction of sp³-hybridized carbons (Fsp3) is 0.556. The molecule has 0 spiro atoms. The lowest BCUT2D eigenvalue weighted by molar-refractivity contribution is -0.386. The fourth-order valence-corrected chi connectivity index (χ4v) is 3.37. The predicted octanol–water partition coefficient (Wildman–Crippen LogP) is 3.48. The molecule has 2 rings (SSSR count). The van der Waals surface area contributed by atoms with Crippen LogP contribution in [-0.4, -0.2) is 47.1 Å². The van der Waals surface area contributed by atoms with Gasteiger partial charge < -0.3 is 20.1 Å². The first-order valence-electron chi connectivity index (χ1n) is 8.86. The van der Waals surface area contributed by atoms with Gasteiger partial charge in [0.15, 0.2) is 5.75 Å². The van der Waals surface area contributed by atoms with E-state index in [0.717, 1.165) is 6.42 Å². The average Bonchev–Trinajstić information content (AvgIpc) is 2.49. The second-order valence-corrected chi connectivity index (χ2v) is 8.52. The first kappa shape index (κ1) is 21.9. The molecule has 1 heterocycles. The number of nitrogens with zero attached hydrogens (tertiary/aromatic N) is 2. The van der Waals surface area contributed by atoms with Gasteiger partial charge in [-0.2, -0.15) is 0 Å². The summed E-state index contributed by atoms with van der Waals surface area (Å²) in [6.07, 6.45) is 1.15. The molecule has 1 fully saturated rings. The standard InChI is InChI=1S/C18H24BrN3O6/c1-18(2,3)28-17(24)21-9-11(10-21)5-4-6-27-14-8-12(16(20)23)7-13(19)15(14)22(25)26/h7-8,11H,4-6,9-10H2,1-3H3,(H2,20,23). The molecule has 1 aliphatic heterocycles. The van der Waals surface area contributed by atoms with E-state index in [1.165, 1.54) is 12.1 Å². The van der Waals surface area contributed by atoms with Gasteiger partial charge in [0.2, 0.25) is 5.91 Å². The number of nitro groups is 1. The third-order valence-electron chi connectivity index (χ3n) is 4.12. The highest BCUT2D eigenvalue weighted by Crippen LogP contribution is 2.36. The molecule has 0 aliphatic carbocycles. The molecule has 2 amide bonds. The molecule has 0 bridgehead atoms. The molecule has 9 nitrogen and oxygen atoms in total. The quantitative estimate of drug-likeness (QED) is 0.379. The lowest BCUT2D eigenvalue weighted by Crippen LogP contribution is -2.51. The highest BCUT2D eigenvalue weighted by molar-refractivity contribution is 9.10. The number of benzene rings is 1. The summed E-state index contributed by atoms with van der Waals surface area (Å²) >= 11 is 3.08. The minimum Gasteiger partial charge on any atom is -0.487 e. The Morgan fingerprint density at radius 2 is 2.00 bits per heavy atom. The average molecular weight is 458 g/mol. The maximum Gasteiger partial charge on any atom is 0.410 e. The molecule has 0 unspecified atom stereocenters. The highest BCUT2D eigenvalue weighted by Gasteiger charge is 2.33. The molecular weight excluding hydrogens is 434 g/mol. The van der Waals surface area contributed by atoms with Gasteiger partial charge in [-0.1, -0.05) is 0 Å². The molecule has 2 N–H and O–H groups in total. The van der Waals surface area contributed by atoms with E-state index in [1.54, 1.807) is 4.90 Å². The molecule has 1 aromatic carbocycles. The minimum absolute atomic E-state index is 0.00262. The Hall–Kier alpha value is -2.36. The van der Waals surface area contributed by atoms with Gasteiger partial charge in [-0.3, -0.25) is 14.9 Å². The van der Waals surface area contributed by atoms with Crippen molar-refractivity contribution in [2.45, 2.75) is 39.2 Å². The number of halogens is 1. The third kappa shape index (κ3) is 5.82. The Labute approximate surface area is 171 Å². The smallest absolute Gasteiger partial charge is 0.410 e. The summed E-state index contributed by atoms with van der Waals surface area (Å²) in [6, 6.07) is 2.58. The number of hydrogen-bond donors (Lipinski definition) is 1. The zero-order chi connectivity index (χ0) is 21.1. The largest absolute Gasteiger partial charge is 0.487 e. The first-order valence-corrected chi connectivity index (χ1v) is 9.65. The van der Waals surface area contributed by atoms with Crippen molar-refractivity contribution in [1.82, 2.24) is 4.90 Å².